The summed E-state index contributed by atoms with van der Waals surface area (Å²) in [6.45, 7) is 1.13. The molecule has 1 rings (SSSR count). The van der Waals surface area contributed by atoms with Gasteiger partial charge in [0.2, 0.25) is 0 Å². The Balaban J connectivity index is 2.43. The molecule has 0 radical (unpaired) electrons. The van der Waals surface area contributed by atoms with Gasteiger partial charge in [0.1, 0.15) is 0 Å². The predicted molar refractivity (Wildman–Crippen MR) is 74.5 cm³/mol. The number of carboxylic acid groups (broad SMARTS) is 1. The van der Waals surface area contributed by atoms with E-state index >= 15 is 0 Å². The number of unbranched alkanes of at least 4 members (excludes halogenated alkanes) is 1. The number of carboxylic acids is 1. The zero-order chi connectivity index (χ0) is 14.8. The summed E-state index contributed by atoms with van der Waals surface area (Å²) in [6.07, 6.45) is 1.63. The van der Waals surface area contributed by atoms with E-state index in [2.05, 4.69) is 10.6 Å². The van der Waals surface area contributed by atoms with E-state index in [1.54, 1.807) is 37.4 Å². The van der Waals surface area contributed by atoms with Gasteiger partial charge in [0, 0.05) is 20.3 Å². The maximum absolute atomic E-state index is 11.6. The normalized spacial score (nSPS) is 11.7. The predicted octanol–water partition coefficient (Wildman–Crippen LogP) is 1.54. The lowest BCUT2D eigenvalue weighted by molar-refractivity contribution is -0.139. The summed E-state index contributed by atoms with van der Waals surface area (Å²) in [5.41, 5.74) is 0.537. The molecule has 20 heavy (non-hydrogen) atoms. The van der Waals surface area contributed by atoms with Crippen LogP contribution < -0.4 is 10.6 Å². The smallest absolute Gasteiger partial charge is 0.330 e. The Morgan fingerprint density at radius 1 is 1.25 bits per heavy atom. The fourth-order valence-corrected chi connectivity index (χ4v) is 1.69. The standard InChI is InChI=1S/C14H20N2O4/c1-20-10-6-5-9-15-14(19)16-12(13(17)18)11-7-3-2-4-8-11/h2-4,7-8,12H,5-6,9-10H2,1H3,(H,17,18)(H2,15,16,19)/t12-/m0/s1. The number of amides is 2. The lowest BCUT2D eigenvalue weighted by Gasteiger charge is -2.15. The molecule has 1 aromatic rings. The Bertz CT molecular complexity index is 422. The van der Waals surface area contributed by atoms with E-state index in [9.17, 15) is 9.59 Å². The number of ether oxygens (including phenoxy) is 1. The van der Waals surface area contributed by atoms with Crippen LogP contribution in [0.15, 0.2) is 30.3 Å². The molecule has 3 N–H and O–H groups in total. The van der Waals surface area contributed by atoms with E-state index in [0.717, 1.165) is 12.8 Å². The van der Waals surface area contributed by atoms with Crippen LogP contribution in [0.25, 0.3) is 0 Å². The molecule has 0 aliphatic heterocycles. The van der Waals surface area contributed by atoms with Crippen LogP contribution in [0, 0.1) is 0 Å². The summed E-state index contributed by atoms with van der Waals surface area (Å²) < 4.78 is 4.90. The largest absolute Gasteiger partial charge is 0.479 e. The summed E-state index contributed by atoms with van der Waals surface area (Å²) in [5, 5.41) is 14.2. The molecule has 110 valence electrons. The second kappa shape index (κ2) is 8.92. The Morgan fingerprint density at radius 3 is 2.55 bits per heavy atom. The molecular formula is C14H20N2O4. The fraction of sp³-hybridized carbons (Fsp3) is 0.429. The van der Waals surface area contributed by atoms with Gasteiger partial charge >= 0.3 is 12.0 Å². The van der Waals surface area contributed by atoms with Gasteiger partial charge < -0.3 is 20.5 Å². The average Bonchev–Trinajstić information content (AvgIpc) is 2.45. The first-order valence-corrected chi connectivity index (χ1v) is 6.46. The first kappa shape index (κ1) is 16.0. The van der Waals surface area contributed by atoms with Gasteiger partial charge in [-0.15, -0.1) is 0 Å². The van der Waals surface area contributed by atoms with Gasteiger partial charge in [-0.05, 0) is 18.4 Å². The molecule has 0 fully saturated rings. The van der Waals surface area contributed by atoms with Crippen molar-refractivity contribution in [2.45, 2.75) is 18.9 Å². The topological polar surface area (TPSA) is 87.7 Å². The zero-order valence-electron chi connectivity index (χ0n) is 11.5. The van der Waals surface area contributed by atoms with Crippen LogP contribution in [-0.2, 0) is 9.53 Å². The van der Waals surface area contributed by atoms with E-state index in [4.69, 9.17) is 9.84 Å². The van der Waals surface area contributed by atoms with Crippen molar-refractivity contribution in [3.05, 3.63) is 35.9 Å². The lowest BCUT2D eigenvalue weighted by atomic mass is 10.1. The maximum Gasteiger partial charge on any atom is 0.330 e. The molecule has 6 nitrogen and oxygen atoms in total. The number of benzene rings is 1. The van der Waals surface area contributed by atoms with Crippen LogP contribution >= 0.6 is 0 Å². The third kappa shape index (κ3) is 5.71. The highest BCUT2D eigenvalue weighted by atomic mass is 16.5. The monoisotopic (exact) mass is 280 g/mol. The summed E-state index contributed by atoms with van der Waals surface area (Å²) in [5.74, 6) is -1.09. The van der Waals surface area contributed by atoms with Crippen LogP contribution in [0.5, 0.6) is 0 Å². The molecule has 0 heterocycles. The number of aliphatic carboxylic acids is 1. The molecule has 0 unspecified atom stereocenters. The van der Waals surface area contributed by atoms with Crippen molar-refractivity contribution in [3.63, 3.8) is 0 Å². The molecule has 2 amide bonds. The van der Waals surface area contributed by atoms with Crippen molar-refractivity contribution < 1.29 is 19.4 Å². The van der Waals surface area contributed by atoms with Gasteiger partial charge in [0.25, 0.3) is 0 Å². The molecule has 0 bridgehead atoms. The van der Waals surface area contributed by atoms with Gasteiger partial charge in [-0.2, -0.15) is 0 Å². The van der Waals surface area contributed by atoms with Crippen LogP contribution in [0.2, 0.25) is 0 Å². The van der Waals surface area contributed by atoms with Crippen molar-refractivity contribution in [1.29, 1.82) is 0 Å². The van der Waals surface area contributed by atoms with Crippen LogP contribution in [0.4, 0.5) is 4.79 Å². The minimum Gasteiger partial charge on any atom is -0.479 e. The summed E-state index contributed by atoms with van der Waals surface area (Å²) in [6, 6.07) is 7.05. The Hall–Kier alpha value is -2.08. The van der Waals surface area contributed by atoms with Gasteiger partial charge in [0.15, 0.2) is 6.04 Å². The van der Waals surface area contributed by atoms with Crippen molar-refractivity contribution >= 4 is 12.0 Å². The lowest BCUT2D eigenvalue weighted by Crippen LogP contribution is -2.41. The average molecular weight is 280 g/mol. The number of rotatable bonds is 8. The van der Waals surface area contributed by atoms with E-state index in [-0.39, 0.29) is 0 Å². The third-order valence-corrected chi connectivity index (χ3v) is 2.72. The zero-order valence-corrected chi connectivity index (χ0v) is 11.5. The van der Waals surface area contributed by atoms with Crippen molar-refractivity contribution in [1.82, 2.24) is 10.6 Å². The van der Waals surface area contributed by atoms with Crippen LogP contribution in [-0.4, -0.2) is 37.4 Å². The fourth-order valence-electron chi connectivity index (χ4n) is 1.69. The third-order valence-electron chi connectivity index (χ3n) is 2.72. The van der Waals surface area contributed by atoms with Gasteiger partial charge in [0.05, 0.1) is 0 Å². The molecule has 1 aromatic carbocycles. The van der Waals surface area contributed by atoms with Crippen molar-refractivity contribution in [2.75, 3.05) is 20.3 Å². The second-order valence-electron chi connectivity index (χ2n) is 4.28. The molecule has 1 atom stereocenters. The number of methoxy groups -OCH3 is 1. The summed E-state index contributed by atoms with van der Waals surface area (Å²) in [7, 11) is 1.62. The quantitative estimate of drug-likeness (QED) is 0.630. The highest BCUT2D eigenvalue weighted by Crippen LogP contribution is 2.12. The SMILES string of the molecule is COCCCCNC(=O)N[C@H](C(=O)O)c1ccccc1. The van der Waals surface area contributed by atoms with Gasteiger partial charge in [-0.3, -0.25) is 0 Å². The Labute approximate surface area is 118 Å². The number of hydrogen-bond acceptors (Lipinski definition) is 3. The van der Waals surface area contributed by atoms with E-state index in [0.29, 0.717) is 18.7 Å². The first-order chi connectivity index (χ1) is 9.65. The van der Waals surface area contributed by atoms with E-state index in [1.807, 2.05) is 0 Å². The highest BCUT2D eigenvalue weighted by molar-refractivity contribution is 5.83. The molecule has 0 spiro atoms. The van der Waals surface area contributed by atoms with Crippen molar-refractivity contribution in [2.24, 2.45) is 0 Å². The Kier molecular flexibility index (Phi) is 7.13. The molecule has 6 heteroatoms. The number of hydrogen-bond donors (Lipinski definition) is 3. The number of nitrogens with one attached hydrogen (secondary N) is 2. The van der Waals surface area contributed by atoms with Crippen LogP contribution in [0.3, 0.4) is 0 Å². The van der Waals surface area contributed by atoms with Gasteiger partial charge in [-0.25, -0.2) is 9.59 Å². The van der Waals surface area contributed by atoms with Crippen LogP contribution in [0.1, 0.15) is 24.4 Å². The minimum atomic E-state index is -1.09. The van der Waals surface area contributed by atoms with Crippen molar-refractivity contribution in [3.8, 4) is 0 Å². The van der Waals surface area contributed by atoms with E-state index in [1.165, 1.54) is 0 Å². The first-order valence-electron chi connectivity index (χ1n) is 6.46. The molecule has 0 aliphatic rings. The summed E-state index contributed by atoms with van der Waals surface area (Å²) >= 11 is 0. The van der Waals surface area contributed by atoms with E-state index < -0.39 is 18.0 Å². The molecule has 0 saturated heterocycles. The molecule has 0 saturated carbocycles. The number of carbonyl (C=O) groups is 2. The highest BCUT2D eigenvalue weighted by Gasteiger charge is 2.21. The number of carbonyl (C=O) groups excluding carboxylic acids is 1. The molecule has 0 aromatic heterocycles. The molecular weight excluding hydrogens is 260 g/mol. The summed E-state index contributed by atoms with van der Waals surface area (Å²) in [4.78, 5) is 22.8. The Morgan fingerprint density at radius 2 is 1.95 bits per heavy atom. The maximum atomic E-state index is 11.6. The number of urea groups is 1. The molecule has 0 aliphatic carbocycles. The van der Waals surface area contributed by atoms with Gasteiger partial charge in [-0.1, -0.05) is 30.3 Å². The minimum absolute atomic E-state index is 0.482. The second-order valence-corrected chi connectivity index (χ2v) is 4.28.